The van der Waals surface area contributed by atoms with E-state index in [-0.39, 0.29) is 5.91 Å². The average Bonchev–Trinajstić information content (AvgIpc) is 2.66. The molecule has 0 bridgehead atoms. The van der Waals surface area contributed by atoms with E-state index in [4.69, 9.17) is 0 Å². The summed E-state index contributed by atoms with van der Waals surface area (Å²) in [6.45, 7) is 1.94. The van der Waals surface area contributed by atoms with Crippen molar-refractivity contribution in [1.29, 1.82) is 0 Å². The molecule has 5 heteroatoms. The fourth-order valence-electron chi connectivity index (χ4n) is 2.53. The van der Waals surface area contributed by atoms with Crippen LogP contribution in [0.5, 0.6) is 0 Å². The topological polar surface area (TPSA) is 58.2 Å². The van der Waals surface area contributed by atoms with E-state index < -0.39 is 5.91 Å². The zero-order valence-electron chi connectivity index (χ0n) is 14.1. The predicted octanol–water partition coefficient (Wildman–Crippen LogP) is 4.39. The average molecular weight is 409 g/mol. The molecule has 0 heterocycles. The maximum absolute atomic E-state index is 12.1. The molecule has 0 saturated carbocycles. The molecule has 3 aromatic rings. The highest BCUT2D eigenvalue weighted by Gasteiger charge is 2.07. The number of amides is 2. The van der Waals surface area contributed by atoms with Gasteiger partial charge in [-0.3, -0.25) is 20.4 Å². The van der Waals surface area contributed by atoms with Gasteiger partial charge < -0.3 is 0 Å². The van der Waals surface area contributed by atoms with Gasteiger partial charge in [0.05, 0.1) is 0 Å². The number of aryl methyl sites for hydroxylation is 1. The molecule has 0 spiro atoms. The van der Waals surface area contributed by atoms with Crippen molar-refractivity contribution in [2.24, 2.45) is 0 Å². The van der Waals surface area contributed by atoms with Gasteiger partial charge in [-0.1, -0.05) is 64.5 Å². The second-order valence-electron chi connectivity index (χ2n) is 5.81. The van der Waals surface area contributed by atoms with Gasteiger partial charge in [0.15, 0.2) is 0 Å². The van der Waals surface area contributed by atoms with Gasteiger partial charge in [0, 0.05) is 16.1 Å². The normalized spacial score (nSPS) is 10.8. The van der Waals surface area contributed by atoms with Crippen molar-refractivity contribution in [1.82, 2.24) is 10.9 Å². The number of hydrogen-bond acceptors (Lipinski definition) is 2. The molecule has 4 nitrogen and oxygen atoms in total. The van der Waals surface area contributed by atoms with Gasteiger partial charge in [-0.2, -0.15) is 0 Å². The van der Waals surface area contributed by atoms with Gasteiger partial charge in [-0.15, -0.1) is 0 Å². The Bertz CT molecular complexity index is 1010. The number of carbonyl (C=O) groups excluding carboxylic acids is 2. The van der Waals surface area contributed by atoms with E-state index in [0.29, 0.717) is 5.56 Å². The fourth-order valence-corrected chi connectivity index (χ4v) is 2.91. The Morgan fingerprint density at radius 2 is 1.73 bits per heavy atom. The van der Waals surface area contributed by atoms with Gasteiger partial charge in [-0.05, 0) is 47.0 Å². The second-order valence-corrected chi connectivity index (χ2v) is 6.66. The highest BCUT2D eigenvalue weighted by atomic mass is 79.9. The van der Waals surface area contributed by atoms with Crippen LogP contribution in [0, 0.1) is 6.92 Å². The zero-order valence-corrected chi connectivity index (χ0v) is 15.7. The molecule has 0 aliphatic heterocycles. The van der Waals surface area contributed by atoms with Crippen LogP contribution < -0.4 is 10.9 Å². The molecular weight excluding hydrogens is 392 g/mol. The lowest BCUT2D eigenvalue weighted by Crippen LogP contribution is -2.40. The van der Waals surface area contributed by atoms with Gasteiger partial charge in [0.25, 0.3) is 11.8 Å². The third kappa shape index (κ3) is 4.18. The summed E-state index contributed by atoms with van der Waals surface area (Å²) in [5, 5.41) is 2.17. The van der Waals surface area contributed by atoms with Crippen molar-refractivity contribution in [3.05, 3.63) is 87.9 Å². The van der Waals surface area contributed by atoms with Crippen molar-refractivity contribution in [2.45, 2.75) is 6.92 Å². The smallest absolute Gasteiger partial charge is 0.268 e. The molecule has 0 aliphatic carbocycles. The third-order valence-corrected chi connectivity index (χ3v) is 4.83. The largest absolute Gasteiger partial charge is 0.269 e. The Balaban J connectivity index is 1.64. The lowest BCUT2D eigenvalue weighted by molar-refractivity contribution is -0.117. The second kappa shape index (κ2) is 7.97. The molecule has 0 saturated heterocycles. The van der Waals surface area contributed by atoms with E-state index in [1.807, 2.05) is 55.5 Å². The van der Waals surface area contributed by atoms with Crippen LogP contribution in [0.15, 0.2) is 71.2 Å². The minimum Gasteiger partial charge on any atom is -0.268 e. The highest BCUT2D eigenvalue weighted by Crippen LogP contribution is 2.19. The Morgan fingerprint density at radius 3 is 2.54 bits per heavy atom. The first-order chi connectivity index (χ1) is 12.5. The minimum absolute atomic E-state index is 0.377. The lowest BCUT2D eigenvalue weighted by atomic mass is 10.0. The van der Waals surface area contributed by atoms with E-state index in [1.54, 1.807) is 18.2 Å². The van der Waals surface area contributed by atoms with E-state index >= 15 is 0 Å². The van der Waals surface area contributed by atoms with Gasteiger partial charge in [-0.25, -0.2) is 0 Å². The maximum Gasteiger partial charge on any atom is 0.269 e. The first-order valence-electron chi connectivity index (χ1n) is 8.07. The van der Waals surface area contributed by atoms with E-state index in [9.17, 15) is 9.59 Å². The molecule has 3 rings (SSSR count). The van der Waals surface area contributed by atoms with Crippen molar-refractivity contribution in [3.63, 3.8) is 0 Å². The maximum atomic E-state index is 12.1. The minimum atomic E-state index is -0.405. The number of hydrazine groups is 1. The number of carbonyl (C=O) groups is 2. The van der Waals surface area contributed by atoms with Crippen LogP contribution in [-0.4, -0.2) is 11.8 Å². The number of hydrogen-bond donors (Lipinski definition) is 2. The van der Waals surface area contributed by atoms with Crippen LogP contribution in [0.3, 0.4) is 0 Å². The molecule has 0 radical (unpaired) electrons. The SMILES string of the molecule is Cc1ccc(C(=O)NNC(=O)/C=C/c2cccc3ccccc23)cc1Br. The summed E-state index contributed by atoms with van der Waals surface area (Å²) >= 11 is 3.39. The molecule has 0 atom stereocenters. The van der Waals surface area contributed by atoms with Crippen molar-refractivity contribution in [2.75, 3.05) is 0 Å². The number of nitrogens with one attached hydrogen (secondary N) is 2. The lowest BCUT2D eigenvalue weighted by Gasteiger charge is -2.07. The molecular formula is C21H17BrN2O2. The van der Waals surface area contributed by atoms with E-state index in [1.165, 1.54) is 6.08 Å². The Kier molecular flexibility index (Phi) is 5.49. The van der Waals surface area contributed by atoms with Gasteiger partial charge in [0.2, 0.25) is 0 Å². The summed E-state index contributed by atoms with van der Waals surface area (Å²) in [5.41, 5.74) is 7.23. The molecule has 0 aliphatic rings. The van der Waals surface area contributed by atoms with Crippen molar-refractivity contribution < 1.29 is 9.59 Å². The molecule has 0 unspecified atom stereocenters. The van der Waals surface area contributed by atoms with Crippen LogP contribution >= 0.6 is 15.9 Å². The standard InChI is InChI=1S/C21H17BrN2O2/c1-14-9-10-17(13-19(14)22)21(26)24-23-20(25)12-11-16-7-4-6-15-5-2-3-8-18(15)16/h2-13H,1H3,(H,23,25)(H,24,26)/b12-11+. The van der Waals surface area contributed by atoms with Crippen molar-refractivity contribution in [3.8, 4) is 0 Å². The molecule has 2 N–H and O–H groups in total. The highest BCUT2D eigenvalue weighted by molar-refractivity contribution is 9.10. The molecule has 3 aromatic carbocycles. The number of rotatable bonds is 3. The van der Waals surface area contributed by atoms with Crippen LogP contribution in [0.4, 0.5) is 0 Å². The quantitative estimate of drug-likeness (QED) is 0.498. The first kappa shape index (κ1) is 17.9. The summed E-state index contributed by atoms with van der Waals surface area (Å²) in [5.74, 6) is -0.782. The number of halogens is 1. The zero-order chi connectivity index (χ0) is 18.5. The molecule has 130 valence electrons. The van der Waals surface area contributed by atoms with Gasteiger partial charge >= 0.3 is 0 Å². The van der Waals surface area contributed by atoms with Gasteiger partial charge in [0.1, 0.15) is 0 Å². The Labute approximate surface area is 160 Å². The summed E-state index contributed by atoms with van der Waals surface area (Å²) in [4.78, 5) is 24.1. The molecule has 0 fully saturated rings. The Hall–Kier alpha value is -2.92. The fraction of sp³-hybridized carbons (Fsp3) is 0.0476. The van der Waals surface area contributed by atoms with Crippen molar-refractivity contribution >= 4 is 44.6 Å². The number of fused-ring (bicyclic) bond motifs is 1. The van der Waals surface area contributed by atoms with E-state index in [0.717, 1.165) is 26.4 Å². The predicted molar refractivity (Wildman–Crippen MR) is 107 cm³/mol. The Morgan fingerprint density at radius 1 is 0.962 bits per heavy atom. The summed E-state index contributed by atoms with van der Waals surface area (Å²) < 4.78 is 0.840. The van der Waals surface area contributed by atoms with Crippen LogP contribution in [0.25, 0.3) is 16.8 Å². The summed E-state index contributed by atoms with van der Waals surface area (Å²) in [7, 11) is 0. The van der Waals surface area contributed by atoms with Crippen LogP contribution in [0.1, 0.15) is 21.5 Å². The van der Waals surface area contributed by atoms with Crippen LogP contribution in [-0.2, 0) is 4.79 Å². The monoisotopic (exact) mass is 408 g/mol. The molecule has 2 amide bonds. The molecule has 0 aromatic heterocycles. The summed E-state index contributed by atoms with van der Waals surface area (Å²) in [6, 6.07) is 19.1. The number of benzene rings is 3. The first-order valence-corrected chi connectivity index (χ1v) is 8.86. The van der Waals surface area contributed by atoms with E-state index in [2.05, 4.69) is 26.8 Å². The molecule has 26 heavy (non-hydrogen) atoms. The third-order valence-electron chi connectivity index (χ3n) is 3.97. The summed E-state index contributed by atoms with van der Waals surface area (Å²) in [6.07, 6.45) is 3.12. The van der Waals surface area contributed by atoms with Crippen LogP contribution in [0.2, 0.25) is 0 Å².